The summed E-state index contributed by atoms with van der Waals surface area (Å²) in [4.78, 5) is 18.8. The van der Waals surface area contributed by atoms with Gasteiger partial charge in [0.1, 0.15) is 17.6 Å². The van der Waals surface area contributed by atoms with Crippen molar-refractivity contribution in [2.75, 3.05) is 11.9 Å². The second-order valence-electron chi connectivity index (χ2n) is 5.13. The van der Waals surface area contributed by atoms with E-state index in [1.54, 1.807) is 24.8 Å². The van der Waals surface area contributed by atoms with Crippen LogP contribution >= 0.6 is 0 Å². The number of aliphatic carboxylic acids is 1. The quantitative estimate of drug-likeness (QED) is 0.807. The van der Waals surface area contributed by atoms with Crippen LogP contribution in [-0.2, 0) is 17.8 Å². The minimum Gasteiger partial charge on any atom is -0.550 e. The number of aliphatic hydroxyl groups excluding tert-OH is 1. The molecule has 3 rings (SSSR count). The zero-order valence-electron chi connectivity index (χ0n) is 11.8. The number of imidazole rings is 1. The van der Waals surface area contributed by atoms with E-state index in [-0.39, 0.29) is 13.0 Å². The van der Waals surface area contributed by atoms with Gasteiger partial charge in [-0.3, -0.25) is 4.99 Å². The molecule has 1 aromatic carbocycles. The first-order valence-corrected chi connectivity index (χ1v) is 6.89. The molecule has 2 aromatic rings. The fourth-order valence-electron chi connectivity index (χ4n) is 2.39. The lowest BCUT2D eigenvalue weighted by Gasteiger charge is -2.10. The van der Waals surface area contributed by atoms with Crippen molar-refractivity contribution >= 4 is 18.1 Å². The molecule has 0 saturated carbocycles. The van der Waals surface area contributed by atoms with Crippen molar-refractivity contribution in [3.8, 4) is 0 Å². The van der Waals surface area contributed by atoms with Gasteiger partial charge >= 0.3 is 0 Å². The Hall–Kier alpha value is -2.67. The summed E-state index contributed by atoms with van der Waals surface area (Å²) >= 11 is 0. The average Bonchev–Trinajstić information content (AvgIpc) is 2.78. The van der Waals surface area contributed by atoms with Gasteiger partial charge in [0, 0.05) is 12.4 Å². The van der Waals surface area contributed by atoms with Crippen LogP contribution in [0, 0.1) is 0 Å². The number of anilines is 1. The third-order valence-corrected chi connectivity index (χ3v) is 3.48. The van der Waals surface area contributed by atoms with Crippen LogP contribution in [0.15, 0.2) is 35.6 Å². The van der Waals surface area contributed by atoms with Gasteiger partial charge in [0.05, 0.1) is 25.8 Å². The minimum absolute atomic E-state index is 0.0923. The maximum Gasteiger partial charge on any atom is 0.137 e. The number of nitrogens with zero attached hydrogens (tertiary/aromatic N) is 3. The van der Waals surface area contributed by atoms with Gasteiger partial charge in [-0.15, -0.1) is 0 Å². The Balaban J connectivity index is 1.79. The highest BCUT2D eigenvalue weighted by Crippen LogP contribution is 2.24. The van der Waals surface area contributed by atoms with Crippen LogP contribution in [0.25, 0.3) is 0 Å². The zero-order valence-corrected chi connectivity index (χ0v) is 11.8. The fraction of sp³-hybridized carbons (Fsp3) is 0.267. The first-order chi connectivity index (χ1) is 10.6. The standard InChI is InChI=1S/C15H16N4O3/c20-12-6-16-8-17-15-14(12)18-9-19(15)7-11-3-1-10(2-4-11)5-13(21)22/h1-4,8-9,12,20H,5-7H2,(H,16,17)(H,21,22)/p-1. The number of hydrogen-bond donors (Lipinski definition) is 2. The molecule has 1 atom stereocenters. The minimum atomic E-state index is -1.09. The lowest BCUT2D eigenvalue weighted by molar-refractivity contribution is -0.304. The van der Waals surface area contributed by atoms with Gasteiger partial charge < -0.3 is 24.9 Å². The number of carbonyl (C=O) groups excluding carboxylic acids is 1. The van der Waals surface area contributed by atoms with E-state index in [1.807, 2.05) is 16.7 Å². The molecule has 1 unspecified atom stereocenters. The number of carboxylic acids is 1. The third-order valence-electron chi connectivity index (χ3n) is 3.48. The SMILES string of the molecule is O=C([O-])Cc1ccc(Cn2cnc3c2NC=NCC3O)cc1. The molecule has 2 heterocycles. The Bertz CT molecular complexity index is 706. The summed E-state index contributed by atoms with van der Waals surface area (Å²) in [5.41, 5.74) is 2.28. The Labute approximate surface area is 127 Å². The number of carboxylic acid groups (broad SMARTS) is 1. The van der Waals surface area contributed by atoms with E-state index >= 15 is 0 Å². The molecule has 0 radical (unpaired) electrons. The molecule has 0 spiro atoms. The molecular weight excluding hydrogens is 284 g/mol. The molecule has 114 valence electrons. The van der Waals surface area contributed by atoms with E-state index in [0.29, 0.717) is 23.6 Å². The summed E-state index contributed by atoms with van der Waals surface area (Å²) < 4.78 is 1.88. The number of hydrogen-bond acceptors (Lipinski definition) is 6. The molecular formula is C15H15N4O3-. The maximum absolute atomic E-state index is 10.6. The first kappa shape index (κ1) is 14.3. The van der Waals surface area contributed by atoms with Crippen molar-refractivity contribution < 1.29 is 15.0 Å². The van der Waals surface area contributed by atoms with E-state index in [1.165, 1.54) is 0 Å². The molecule has 0 bridgehead atoms. The molecule has 1 aromatic heterocycles. The number of aliphatic imine (C=N–C) groups is 1. The highest BCUT2D eigenvalue weighted by molar-refractivity contribution is 5.76. The van der Waals surface area contributed by atoms with E-state index in [9.17, 15) is 15.0 Å². The molecule has 0 amide bonds. The summed E-state index contributed by atoms with van der Waals surface area (Å²) in [5.74, 6) is -0.377. The number of fused-ring (bicyclic) bond motifs is 1. The fourth-order valence-corrected chi connectivity index (χ4v) is 2.39. The van der Waals surface area contributed by atoms with E-state index in [4.69, 9.17) is 0 Å². The van der Waals surface area contributed by atoms with Gasteiger partial charge in [0.2, 0.25) is 0 Å². The van der Waals surface area contributed by atoms with E-state index in [0.717, 1.165) is 5.56 Å². The monoisotopic (exact) mass is 299 g/mol. The van der Waals surface area contributed by atoms with E-state index in [2.05, 4.69) is 15.3 Å². The van der Waals surface area contributed by atoms with Gasteiger partial charge in [-0.05, 0) is 11.1 Å². The van der Waals surface area contributed by atoms with Gasteiger partial charge in [0.25, 0.3) is 0 Å². The van der Waals surface area contributed by atoms with Crippen LogP contribution in [-0.4, -0.2) is 33.5 Å². The highest BCUT2D eigenvalue weighted by atomic mass is 16.4. The molecule has 7 heteroatoms. The summed E-state index contributed by atoms with van der Waals surface area (Å²) in [6.45, 7) is 0.844. The van der Waals surface area contributed by atoms with Crippen molar-refractivity contribution in [1.82, 2.24) is 9.55 Å². The van der Waals surface area contributed by atoms with Gasteiger partial charge in [-0.2, -0.15) is 0 Å². The van der Waals surface area contributed by atoms with Crippen LogP contribution in [0.5, 0.6) is 0 Å². The molecule has 1 aliphatic rings. The Morgan fingerprint density at radius 2 is 2.09 bits per heavy atom. The van der Waals surface area contributed by atoms with Crippen molar-refractivity contribution in [3.05, 3.63) is 47.4 Å². The molecule has 0 saturated heterocycles. The topological polar surface area (TPSA) is 103 Å². The largest absolute Gasteiger partial charge is 0.550 e. The molecule has 1 aliphatic heterocycles. The first-order valence-electron chi connectivity index (χ1n) is 6.89. The van der Waals surface area contributed by atoms with Crippen molar-refractivity contribution in [3.63, 3.8) is 0 Å². The molecule has 0 fully saturated rings. The maximum atomic E-state index is 10.6. The molecule has 0 aliphatic carbocycles. The smallest absolute Gasteiger partial charge is 0.137 e. The Morgan fingerprint density at radius 3 is 2.82 bits per heavy atom. The van der Waals surface area contributed by atoms with Crippen LogP contribution in [0.1, 0.15) is 22.9 Å². The number of benzene rings is 1. The van der Waals surface area contributed by atoms with Crippen LogP contribution < -0.4 is 10.4 Å². The number of aromatic nitrogens is 2. The zero-order chi connectivity index (χ0) is 15.5. The normalized spacial score (nSPS) is 16.7. The van der Waals surface area contributed by atoms with Gasteiger partial charge in [0.15, 0.2) is 0 Å². The molecule has 22 heavy (non-hydrogen) atoms. The Kier molecular flexibility index (Phi) is 3.88. The second kappa shape index (κ2) is 5.98. The number of nitrogens with one attached hydrogen (secondary N) is 1. The third kappa shape index (κ3) is 2.99. The van der Waals surface area contributed by atoms with Crippen LogP contribution in [0.3, 0.4) is 0 Å². The van der Waals surface area contributed by atoms with Crippen molar-refractivity contribution in [2.45, 2.75) is 19.1 Å². The molecule has 7 nitrogen and oxygen atoms in total. The molecule has 2 N–H and O–H groups in total. The van der Waals surface area contributed by atoms with Gasteiger partial charge in [-0.25, -0.2) is 4.98 Å². The van der Waals surface area contributed by atoms with Gasteiger partial charge in [-0.1, -0.05) is 24.3 Å². The average molecular weight is 299 g/mol. The number of rotatable bonds is 4. The number of carbonyl (C=O) groups is 1. The van der Waals surface area contributed by atoms with E-state index < -0.39 is 12.1 Å². The Morgan fingerprint density at radius 1 is 1.36 bits per heavy atom. The van der Waals surface area contributed by atoms with Crippen LogP contribution in [0.4, 0.5) is 5.82 Å². The second-order valence-corrected chi connectivity index (χ2v) is 5.13. The lowest BCUT2D eigenvalue weighted by atomic mass is 10.1. The summed E-state index contributed by atoms with van der Waals surface area (Å²) in [6, 6.07) is 7.27. The highest BCUT2D eigenvalue weighted by Gasteiger charge is 2.19. The van der Waals surface area contributed by atoms with Crippen LogP contribution in [0.2, 0.25) is 0 Å². The van der Waals surface area contributed by atoms with Crippen molar-refractivity contribution in [2.24, 2.45) is 4.99 Å². The summed E-state index contributed by atoms with van der Waals surface area (Å²) in [5, 5.41) is 23.5. The summed E-state index contributed by atoms with van der Waals surface area (Å²) in [6.07, 6.45) is 2.41. The predicted octanol–water partition coefficient (Wildman–Crippen LogP) is -0.289. The van der Waals surface area contributed by atoms with Crippen molar-refractivity contribution in [1.29, 1.82) is 0 Å². The number of aliphatic hydroxyl groups is 1. The summed E-state index contributed by atoms with van der Waals surface area (Å²) in [7, 11) is 0. The predicted molar refractivity (Wildman–Crippen MR) is 78.4 cm³/mol. The lowest BCUT2D eigenvalue weighted by Crippen LogP contribution is -2.24.